The number of fused-ring (bicyclic) bond motifs is 1. The number of alkyl halides is 2. The maximum Gasteiger partial charge on any atom is 0.248 e. The van der Waals surface area contributed by atoms with Crippen LogP contribution in [-0.4, -0.2) is 78.5 Å². The van der Waals surface area contributed by atoms with E-state index in [0.29, 0.717) is 12.1 Å². The molecule has 2 heterocycles. The van der Waals surface area contributed by atoms with Gasteiger partial charge in [-0.25, -0.2) is 8.78 Å². The number of amides is 1. The molecule has 9 heteroatoms. The molecule has 3 atom stereocenters. The smallest absolute Gasteiger partial charge is 0.248 e. The average Bonchev–Trinajstić information content (AvgIpc) is 3.03. The number of aryl methyl sites for hydroxylation is 1. The molecule has 2 unspecified atom stereocenters. The van der Waals surface area contributed by atoms with Crippen LogP contribution in [0.25, 0.3) is 0 Å². The first kappa shape index (κ1) is 31.9. The summed E-state index contributed by atoms with van der Waals surface area (Å²) in [6, 6.07) is 14.9. The van der Waals surface area contributed by atoms with Crippen molar-refractivity contribution in [1.82, 2.24) is 25.4 Å². The van der Waals surface area contributed by atoms with Gasteiger partial charge in [-0.15, -0.1) is 0 Å². The van der Waals surface area contributed by atoms with Crippen LogP contribution in [0.4, 0.5) is 8.78 Å². The van der Waals surface area contributed by atoms with Gasteiger partial charge >= 0.3 is 0 Å². The lowest BCUT2D eigenvalue weighted by Gasteiger charge is -2.41. The molecule has 43 heavy (non-hydrogen) atoms. The minimum absolute atomic E-state index is 0.0861. The molecule has 2 fully saturated rings. The highest BCUT2D eigenvalue weighted by Gasteiger charge is 2.38. The number of carbonyl (C=O) groups is 1. The summed E-state index contributed by atoms with van der Waals surface area (Å²) in [4.78, 5) is 23.1. The molecule has 2 aromatic rings. The van der Waals surface area contributed by atoms with E-state index in [4.69, 9.17) is 10.7 Å². The second kappa shape index (κ2) is 15.5. The number of hydrogen-bond acceptors (Lipinski definition) is 6. The summed E-state index contributed by atoms with van der Waals surface area (Å²) in [6.07, 6.45) is 8.37. The minimum atomic E-state index is -2.63. The second-order valence-corrected chi connectivity index (χ2v) is 12.8. The highest BCUT2D eigenvalue weighted by atomic mass is 19.3. The molecule has 1 saturated heterocycles. The van der Waals surface area contributed by atoms with Gasteiger partial charge in [0, 0.05) is 63.7 Å². The normalized spacial score (nSPS) is 23.5. The van der Waals surface area contributed by atoms with E-state index in [1.54, 1.807) is 0 Å². The van der Waals surface area contributed by atoms with Gasteiger partial charge < -0.3 is 21.3 Å². The van der Waals surface area contributed by atoms with Crippen LogP contribution in [0.1, 0.15) is 86.7 Å². The van der Waals surface area contributed by atoms with E-state index in [9.17, 15) is 13.6 Å². The standard InChI is InChI=1S/C34H50F2N6O/c35-34(36)16-13-28(14-17-34)33(43)40-30(26-8-2-1-3-9-26)15-22-41-23-20-38-29(24-41)25-42(21-5-4-18-37)31-12-6-10-27-11-7-19-39-32(27)31/h1-3,7-9,11,19,28-31,38H,4-6,10,12-18,20-25,37H2,(H,40,43)/t29?,30-,31?/m1/s1. The zero-order chi connectivity index (χ0) is 30.1. The fourth-order valence-corrected chi connectivity index (χ4v) is 7.19. The molecule has 1 aromatic heterocycles. The monoisotopic (exact) mass is 596 g/mol. The van der Waals surface area contributed by atoms with Gasteiger partial charge in [-0.05, 0) is 81.6 Å². The average molecular weight is 597 g/mol. The van der Waals surface area contributed by atoms with Crippen LogP contribution < -0.4 is 16.4 Å². The van der Waals surface area contributed by atoms with Crippen molar-refractivity contribution in [2.24, 2.45) is 11.7 Å². The fourth-order valence-electron chi connectivity index (χ4n) is 7.19. The third-order valence-corrected chi connectivity index (χ3v) is 9.64. The molecular formula is C34H50F2N6O. The molecule has 5 rings (SSSR count). The third kappa shape index (κ3) is 9.03. The number of pyridine rings is 1. The summed E-state index contributed by atoms with van der Waals surface area (Å²) >= 11 is 0. The Labute approximate surface area is 256 Å². The first-order chi connectivity index (χ1) is 20.9. The molecule has 2 aliphatic carbocycles. The highest BCUT2D eigenvalue weighted by Crippen LogP contribution is 2.37. The Kier molecular flexibility index (Phi) is 11.5. The molecule has 4 N–H and O–H groups in total. The Morgan fingerprint density at radius 1 is 1.14 bits per heavy atom. The Bertz CT molecular complexity index is 1140. The van der Waals surface area contributed by atoms with Crippen molar-refractivity contribution in [2.45, 2.75) is 88.3 Å². The Balaban J connectivity index is 1.20. The van der Waals surface area contributed by atoms with Crippen LogP contribution in [0.15, 0.2) is 48.7 Å². The van der Waals surface area contributed by atoms with Crippen LogP contribution >= 0.6 is 0 Å². The van der Waals surface area contributed by atoms with Gasteiger partial charge in [-0.3, -0.25) is 14.7 Å². The fraction of sp³-hybridized carbons (Fsp3) is 0.647. The largest absolute Gasteiger partial charge is 0.349 e. The Morgan fingerprint density at radius 3 is 2.74 bits per heavy atom. The van der Waals surface area contributed by atoms with Crippen LogP contribution in [0.3, 0.4) is 0 Å². The number of aromatic nitrogens is 1. The van der Waals surface area contributed by atoms with Crippen molar-refractivity contribution < 1.29 is 13.6 Å². The first-order valence-corrected chi connectivity index (χ1v) is 16.5. The van der Waals surface area contributed by atoms with Crippen molar-refractivity contribution in [3.63, 3.8) is 0 Å². The topological polar surface area (TPSA) is 86.5 Å². The molecule has 3 aliphatic rings. The number of nitrogens with two attached hydrogens (primary N) is 1. The molecular weight excluding hydrogens is 546 g/mol. The summed E-state index contributed by atoms with van der Waals surface area (Å²) in [5.74, 6) is -3.05. The van der Waals surface area contributed by atoms with Crippen LogP contribution in [0.5, 0.6) is 0 Å². The van der Waals surface area contributed by atoms with Crippen LogP contribution in [0.2, 0.25) is 0 Å². The van der Waals surface area contributed by atoms with E-state index < -0.39 is 5.92 Å². The predicted octanol–water partition coefficient (Wildman–Crippen LogP) is 4.85. The van der Waals surface area contributed by atoms with Gasteiger partial charge in [-0.2, -0.15) is 0 Å². The molecule has 0 bridgehead atoms. The predicted molar refractivity (Wildman–Crippen MR) is 167 cm³/mol. The number of halogens is 2. The van der Waals surface area contributed by atoms with E-state index >= 15 is 0 Å². The van der Waals surface area contributed by atoms with E-state index in [2.05, 4.69) is 44.7 Å². The zero-order valence-electron chi connectivity index (χ0n) is 25.5. The van der Waals surface area contributed by atoms with Crippen LogP contribution in [0, 0.1) is 5.92 Å². The van der Waals surface area contributed by atoms with Gasteiger partial charge in [0.1, 0.15) is 0 Å². The first-order valence-electron chi connectivity index (χ1n) is 16.5. The molecule has 1 aliphatic heterocycles. The molecule has 1 amide bonds. The highest BCUT2D eigenvalue weighted by molar-refractivity contribution is 5.79. The third-order valence-electron chi connectivity index (χ3n) is 9.64. The van der Waals surface area contributed by atoms with E-state index in [0.717, 1.165) is 83.5 Å². The molecule has 7 nitrogen and oxygen atoms in total. The number of unbranched alkanes of at least 4 members (excludes halogenated alkanes) is 1. The molecule has 236 valence electrons. The van der Waals surface area contributed by atoms with Gasteiger partial charge in [-0.1, -0.05) is 36.4 Å². The van der Waals surface area contributed by atoms with E-state index in [1.165, 1.54) is 17.7 Å². The van der Waals surface area contributed by atoms with Gasteiger partial charge in [0.2, 0.25) is 11.8 Å². The lowest BCUT2D eigenvalue weighted by Crippen LogP contribution is -2.55. The van der Waals surface area contributed by atoms with Crippen molar-refractivity contribution in [2.75, 3.05) is 45.8 Å². The maximum atomic E-state index is 13.7. The lowest BCUT2D eigenvalue weighted by atomic mass is 9.86. The zero-order valence-corrected chi connectivity index (χ0v) is 25.5. The quantitative estimate of drug-likeness (QED) is 0.287. The summed E-state index contributed by atoms with van der Waals surface area (Å²) < 4.78 is 27.4. The number of rotatable bonds is 13. The van der Waals surface area contributed by atoms with E-state index in [1.807, 2.05) is 24.4 Å². The summed E-state index contributed by atoms with van der Waals surface area (Å²) in [6.45, 7) is 6.40. The van der Waals surface area contributed by atoms with Gasteiger partial charge in [0.25, 0.3) is 0 Å². The second-order valence-electron chi connectivity index (χ2n) is 12.8. The summed E-state index contributed by atoms with van der Waals surface area (Å²) in [5, 5.41) is 7.02. The minimum Gasteiger partial charge on any atom is -0.349 e. The molecule has 1 aromatic carbocycles. The molecule has 1 saturated carbocycles. The van der Waals surface area contributed by atoms with Crippen molar-refractivity contribution in [3.8, 4) is 0 Å². The number of hydrogen-bond donors (Lipinski definition) is 3. The van der Waals surface area contributed by atoms with Crippen molar-refractivity contribution >= 4 is 5.91 Å². The number of benzene rings is 1. The van der Waals surface area contributed by atoms with E-state index in [-0.39, 0.29) is 43.6 Å². The SMILES string of the molecule is NCCCCN(CC1CN(CC[C@@H](NC(=O)C2CCC(F)(F)CC2)c2ccccc2)CCN1)C1CCCc2cccnc21. The van der Waals surface area contributed by atoms with Gasteiger partial charge in [0.05, 0.1) is 17.8 Å². The van der Waals surface area contributed by atoms with Crippen molar-refractivity contribution in [3.05, 3.63) is 65.5 Å². The molecule has 0 radical (unpaired) electrons. The number of nitrogens with zero attached hydrogens (tertiary/aromatic N) is 3. The summed E-state index contributed by atoms with van der Waals surface area (Å²) in [5.41, 5.74) is 9.55. The Hall–Kier alpha value is -2.46. The summed E-state index contributed by atoms with van der Waals surface area (Å²) in [7, 11) is 0. The number of piperazine rings is 1. The number of carbonyl (C=O) groups excluding carboxylic acids is 1. The van der Waals surface area contributed by atoms with Crippen molar-refractivity contribution in [1.29, 1.82) is 0 Å². The Morgan fingerprint density at radius 2 is 1.95 bits per heavy atom. The maximum absolute atomic E-state index is 13.7. The van der Waals surface area contributed by atoms with Gasteiger partial charge in [0.15, 0.2) is 0 Å². The van der Waals surface area contributed by atoms with Crippen LogP contribution in [-0.2, 0) is 11.2 Å². The number of nitrogens with one attached hydrogen (secondary N) is 2. The lowest BCUT2D eigenvalue weighted by molar-refractivity contribution is -0.130. The molecule has 0 spiro atoms.